The van der Waals surface area contributed by atoms with E-state index in [1.807, 2.05) is 38.1 Å². The predicted molar refractivity (Wildman–Crippen MR) is 112 cm³/mol. The van der Waals surface area contributed by atoms with Crippen molar-refractivity contribution in [1.29, 1.82) is 0 Å². The van der Waals surface area contributed by atoms with Crippen molar-refractivity contribution in [2.45, 2.75) is 44.7 Å². The van der Waals surface area contributed by atoms with E-state index in [4.69, 9.17) is 31.4 Å². The molecule has 0 saturated carbocycles. The summed E-state index contributed by atoms with van der Waals surface area (Å²) in [5.41, 5.74) is 1.69. The first-order valence-electron chi connectivity index (χ1n) is 9.25. The van der Waals surface area contributed by atoms with Crippen molar-refractivity contribution in [2.24, 2.45) is 0 Å². The summed E-state index contributed by atoms with van der Waals surface area (Å²) in [6, 6.07) is 10.1. The van der Waals surface area contributed by atoms with Crippen LogP contribution in [-0.4, -0.2) is 46.6 Å². The molecule has 3 heterocycles. The minimum Gasteiger partial charge on any atom is -0.458 e. The van der Waals surface area contributed by atoms with E-state index in [0.717, 1.165) is 47.0 Å². The fourth-order valence-corrected chi connectivity index (χ4v) is 4.41. The molecule has 2 atom stereocenters. The van der Waals surface area contributed by atoms with Gasteiger partial charge in [-0.1, -0.05) is 18.2 Å². The number of para-hydroxylation sites is 1. The summed E-state index contributed by atoms with van der Waals surface area (Å²) < 4.78 is 19.1. The van der Waals surface area contributed by atoms with Gasteiger partial charge in [-0.25, -0.2) is 4.98 Å². The van der Waals surface area contributed by atoms with Gasteiger partial charge in [0.25, 0.3) is 5.17 Å². The zero-order chi connectivity index (χ0) is 19.0. The molecule has 144 valence electrons. The standard InChI is InChI=1S/C20H23BrN2O3S/c1-20(2)24-12-16(26-20)18(25-19(27)23-9-5-6-10-23)17-14(21)11-13-7-3-4-8-15(13)22-17/h3-4,7-8,11,16,18H,5-6,9-10,12H2,1-2H3/t16-,18-/m1/s1. The Bertz CT molecular complexity index is 854. The zero-order valence-electron chi connectivity index (χ0n) is 15.5. The molecule has 1 aromatic heterocycles. The molecule has 5 nitrogen and oxygen atoms in total. The molecular weight excluding hydrogens is 428 g/mol. The van der Waals surface area contributed by atoms with E-state index in [-0.39, 0.29) is 6.10 Å². The van der Waals surface area contributed by atoms with Crippen molar-refractivity contribution in [2.75, 3.05) is 19.7 Å². The predicted octanol–water partition coefficient (Wildman–Crippen LogP) is 4.59. The molecule has 0 aliphatic carbocycles. The fraction of sp³-hybridized carbons (Fsp3) is 0.500. The van der Waals surface area contributed by atoms with E-state index in [0.29, 0.717) is 11.8 Å². The maximum atomic E-state index is 6.29. The molecular formula is C20H23BrN2O3S. The second-order valence-electron chi connectivity index (χ2n) is 7.41. The van der Waals surface area contributed by atoms with E-state index in [1.54, 1.807) is 0 Å². The summed E-state index contributed by atoms with van der Waals surface area (Å²) in [5, 5.41) is 1.57. The number of hydrogen-bond donors (Lipinski definition) is 0. The fourth-order valence-electron chi connectivity index (χ4n) is 3.56. The lowest BCUT2D eigenvalue weighted by molar-refractivity contribution is -0.151. The largest absolute Gasteiger partial charge is 0.458 e. The number of halogens is 1. The van der Waals surface area contributed by atoms with Gasteiger partial charge in [-0.05, 0) is 67.0 Å². The van der Waals surface area contributed by atoms with Gasteiger partial charge in [0.1, 0.15) is 6.10 Å². The molecule has 0 N–H and O–H groups in total. The van der Waals surface area contributed by atoms with Crippen LogP contribution < -0.4 is 0 Å². The molecule has 2 aliphatic rings. The van der Waals surface area contributed by atoms with Crippen LogP contribution in [0.4, 0.5) is 0 Å². The van der Waals surface area contributed by atoms with E-state index >= 15 is 0 Å². The number of thiocarbonyl (C=S) groups is 1. The van der Waals surface area contributed by atoms with Crippen molar-refractivity contribution in [1.82, 2.24) is 9.88 Å². The molecule has 2 fully saturated rings. The van der Waals surface area contributed by atoms with E-state index in [2.05, 4.69) is 26.9 Å². The molecule has 2 aromatic rings. The number of pyridine rings is 1. The summed E-state index contributed by atoms with van der Waals surface area (Å²) in [4.78, 5) is 6.97. The second kappa shape index (κ2) is 7.62. The summed E-state index contributed by atoms with van der Waals surface area (Å²) in [7, 11) is 0. The smallest absolute Gasteiger partial charge is 0.260 e. The molecule has 7 heteroatoms. The Labute approximate surface area is 173 Å². The van der Waals surface area contributed by atoms with Crippen molar-refractivity contribution < 1.29 is 14.2 Å². The van der Waals surface area contributed by atoms with Gasteiger partial charge in [-0.2, -0.15) is 0 Å². The first kappa shape index (κ1) is 19.1. The highest BCUT2D eigenvalue weighted by atomic mass is 79.9. The average molecular weight is 451 g/mol. The molecule has 27 heavy (non-hydrogen) atoms. The molecule has 0 unspecified atom stereocenters. The summed E-state index contributed by atoms with van der Waals surface area (Å²) >= 11 is 9.26. The molecule has 0 bridgehead atoms. The third kappa shape index (κ3) is 4.11. The zero-order valence-corrected chi connectivity index (χ0v) is 17.9. The highest BCUT2D eigenvalue weighted by Gasteiger charge is 2.41. The maximum absolute atomic E-state index is 6.29. The summed E-state index contributed by atoms with van der Waals surface area (Å²) in [6.45, 7) is 6.12. The monoisotopic (exact) mass is 450 g/mol. The van der Waals surface area contributed by atoms with Crippen molar-refractivity contribution in [3.8, 4) is 0 Å². The van der Waals surface area contributed by atoms with Crippen LogP contribution in [0, 0.1) is 0 Å². The number of fused-ring (bicyclic) bond motifs is 1. The Morgan fingerprint density at radius 3 is 2.78 bits per heavy atom. The number of aromatic nitrogens is 1. The van der Waals surface area contributed by atoms with E-state index < -0.39 is 11.9 Å². The van der Waals surface area contributed by atoms with Gasteiger partial charge in [-0.15, -0.1) is 0 Å². The quantitative estimate of drug-likeness (QED) is 0.637. The first-order chi connectivity index (χ1) is 12.9. The van der Waals surface area contributed by atoms with Crippen LogP contribution in [0.15, 0.2) is 34.8 Å². The third-order valence-corrected chi connectivity index (χ3v) is 5.92. The Hall–Kier alpha value is -1.28. The number of nitrogens with zero attached hydrogens (tertiary/aromatic N) is 2. The lowest BCUT2D eigenvalue weighted by atomic mass is 10.1. The number of rotatable bonds is 3. The Morgan fingerprint density at radius 1 is 1.33 bits per heavy atom. The molecule has 2 saturated heterocycles. The molecule has 4 rings (SSSR count). The minimum absolute atomic E-state index is 0.287. The highest BCUT2D eigenvalue weighted by molar-refractivity contribution is 9.10. The summed E-state index contributed by atoms with van der Waals surface area (Å²) in [5.74, 6) is -0.648. The SMILES string of the molecule is CC1(C)OC[C@H]([C@@H](OC(=S)N2CCCC2)c2nc3ccccc3cc2Br)O1. The van der Waals surface area contributed by atoms with Crippen LogP contribution in [0.25, 0.3) is 10.9 Å². The van der Waals surface area contributed by atoms with E-state index in [1.165, 1.54) is 0 Å². The van der Waals surface area contributed by atoms with E-state index in [9.17, 15) is 0 Å². The number of hydrogen-bond acceptors (Lipinski definition) is 5. The Kier molecular flexibility index (Phi) is 5.38. The number of benzene rings is 1. The topological polar surface area (TPSA) is 43.8 Å². The summed E-state index contributed by atoms with van der Waals surface area (Å²) in [6.07, 6.45) is 1.55. The highest BCUT2D eigenvalue weighted by Crippen LogP contribution is 2.37. The number of likely N-dealkylation sites (tertiary alicyclic amines) is 1. The van der Waals surface area contributed by atoms with Gasteiger partial charge in [0.05, 0.1) is 17.8 Å². The minimum atomic E-state index is -0.648. The van der Waals surface area contributed by atoms with Crippen LogP contribution in [-0.2, 0) is 14.2 Å². The van der Waals surface area contributed by atoms with Crippen LogP contribution in [0.5, 0.6) is 0 Å². The van der Waals surface area contributed by atoms with Crippen LogP contribution in [0.3, 0.4) is 0 Å². The molecule has 2 aliphatic heterocycles. The van der Waals surface area contributed by atoms with Gasteiger partial charge in [-0.3, -0.25) is 0 Å². The van der Waals surface area contributed by atoms with Gasteiger partial charge >= 0.3 is 0 Å². The molecule has 0 radical (unpaired) electrons. The average Bonchev–Trinajstić information content (AvgIpc) is 3.29. The lowest BCUT2D eigenvalue weighted by Gasteiger charge is -2.28. The van der Waals surface area contributed by atoms with Crippen molar-refractivity contribution >= 4 is 44.2 Å². The molecule has 0 spiro atoms. The Morgan fingerprint density at radius 2 is 2.07 bits per heavy atom. The number of ether oxygens (including phenoxy) is 3. The normalized spacial score (nSPS) is 22.9. The van der Waals surface area contributed by atoms with Gasteiger partial charge in [0.2, 0.25) is 0 Å². The molecule has 0 amide bonds. The second-order valence-corrected chi connectivity index (χ2v) is 8.62. The first-order valence-corrected chi connectivity index (χ1v) is 10.5. The van der Waals surface area contributed by atoms with Crippen LogP contribution in [0.1, 0.15) is 38.5 Å². The van der Waals surface area contributed by atoms with Gasteiger partial charge in [0.15, 0.2) is 11.9 Å². The maximum Gasteiger partial charge on any atom is 0.260 e. The van der Waals surface area contributed by atoms with Crippen molar-refractivity contribution in [3.63, 3.8) is 0 Å². The van der Waals surface area contributed by atoms with Gasteiger partial charge in [0, 0.05) is 22.9 Å². The van der Waals surface area contributed by atoms with Gasteiger partial charge < -0.3 is 19.1 Å². The lowest BCUT2D eigenvalue weighted by Crippen LogP contribution is -2.35. The Balaban J connectivity index is 1.68. The van der Waals surface area contributed by atoms with Crippen LogP contribution >= 0.6 is 28.1 Å². The molecule has 1 aromatic carbocycles. The third-order valence-electron chi connectivity index (χ3n) is 4.93. The van der Waals surface area contributed by atoms with Crippen molar-refractivity contribution in [3.05, 3.63) is 40.5 Å². The van der Waals surface area contributed by atoms with Crippen LogP contribution in [0.2, 0.25) is 0 Å².